The Labute approximate surface area is 106 Å². The van der Waals surface area contributed by atoms with Crippen LogP contribution in [0.3, 0.4) is 0 Å². The SMILES string of the molecule is CSC(C)CCNCc1ccc(Cl)cc1F. The Kier molecular flexibility index (Phi) is 6.17. The standard InChI is InChI=1S/C12H17ClFNS/c1-9(16-2)5-6-15-8-10-3-4-11(13)7-12(10)14/h3-4,7,9,15H,5-6,8H2,1-2H3. The van der Waals surface area contributed by atoms with Gasteiger partial charge >= 0.3 is 0 Å². The highest BCUT2D eigenvalue weighted by Gasteiger charge is 2.03. The molecule has 1 nitrogen and oxygen atoms in total. The van der Waals surface area contributed by atoms with E-state index in [-0.39, 0.29) is 5.82 Å². The van der Waals surface area contributed by atoms with Crippen molar-refractivity contribution in [2.45, 2.75) is 25.1 Å². The fraction of sp³-hybridized carbons (Fsp3) is 0.500. The molecule has 1 atom stereocenters. The number of halogens is 2. The molecule has 90 valence electrons. The smallest absolute Gasteiger partial charge is 0.129 e. The minimum Gasteiger partial charge on any atom is -0.313 e. The van der Waals surface area contributed by atoms with Gasteiger partial charge in [0, 0.05) is 22.4 Å². The number of benzene rings is 1. The first-order chi connectivity index (χ1) is 7.63. The maximum absolute atomic E-state index is 13.4. The topological polar surface area (TPSA) is 12.0 Å². The van der Waals surface area contributed by atoms with Gasteiger partial charge in [-0.3, -0.25) is 0 Å². The van der Waals surface area contributed by atoms with Gasteiger partial charge in [0.15, 0.2) is 0 Å². The van der Waals surface area contributed by atoms with E-state index in [1.807, 2.05) is 11.8 Å². The fourth-order valence-electron chi connectivity index (χ4n) is 1.31. The van der Waals surface area contributed by atoms with Crippen molar-refractivity contribution in [1.82, 2.24) is 5.32 Å². The molecule has 0 fully saturated rings. The molecule has 1 aromatic carbocycles. The summed E-state index contributed by atoms with van der Waals surface area (Å²) in [5.41, 5.74) is 0.668. The predicted molar refractivity (Wildman–Crippen MR) is 70.7 cm³/mol. The lowest BCUT2D eigenvalue weighted by Gasteiger charge is -2.09. The molecule has 0 bridgehead atoms. The Morgan fingerprint density at radius 3 is 2.88 bits per heavy atom. The zero-order valence-electron chi connectivity index (χ0n) is 9.59. The average molecular weight is 262 g/mol. The fourth-order valence-corrected chi connectivity index (χ4v) is 1.82. The number of rotatable bonds is 6. The molecule has 16 heavy (non-hydrogen) atoms. The normalized spacial score (nSPS) is 12.8. The van der Waals surface area contributed by atoms with E-state index in [9.17, 15) is 4.39 Å². The van der Waals surface area contributed by atoms with E-state index in [1.165, 1.54) is 6.07 Å². The molecule has 0 aromatic heterocycles. The third-order valence-corrected chi connectivity index (χ3v) is 3.74. The second kappa shape index (κ2) is 7.15. The van der Waals surface area contributed by atoms with E-state index in [1.54, 1.807) is 12.1 Å². The van der Waals surface area contributed by atoms with Crippen LogP contribution in [0.1, 0.15) is 18.9 Å². The van der Waals surface area contributed by atoms with Gasteiger partial charge in [-0.05, 0) is 31.4 Å². The van der Waals surface area contributed by atoms with E-state index >= 15 is 0 Å². The lowest BCUT2D eigenvalue weighted by molar-refractivity contribution is 0.581. The van der Waals surface area contributed by atoms with Crippen LogP contribution in [0.2, 0.25) is 5.02 Å². The van der Waals surface area contributed by atoms with E-state index in [0.717, 1.165) is 13.0 Å². The summed E-state index contributed by atoms with van der Waals surface area (Å²) < 4.78 is 13.4. The summed E-state index contributed by atoms with van der Waals surface area (Å²) in [7, 11) is 0. The molecular formula is C12H17ClFNS. The van der Waals surface area contributed by atoms with Crippen molar-refractivity contribution in [3.63, 3.8) is 0 Å². The van der Waals surface area contributed by atoms with Gasteiger partial charge in [-0.15, -0.1) is 0 Å². The molecule has 0 amide bonds. The first-order valence-electron chi connectivity index (χ1n) is 5.31. The molecule has 0 heterocycles. The Morgan fingerprint density at radius 2 is 2.25 bits per heavy atom. The van der Waals surface area contributed by atoms with Crippen molar-refractivity contribution in [2.24, 2.45) is 0 Å². The van der Waals surface area contributed by atoms with Crippen molar-refractivity contribution >= 4 is 23.4 Å². The molecule has 0 aliphatic heterocycles. The van der Waals surface area contributed by atoms with Crippen molar-refractivity contribution in [2.75, 3.05) is 12.8 Å². The van der Waals surface area contributed by atoms with Crippen molar-refractivity contribution in [3.8, 4) is 0 Å². The zero-order chi connectivity index (χ0) is 12.0. The van der Waals surface area contributed by atoms with Gasteiger partial charge in [0.2, 0.25) is 0 Å². The van der Waals surface area contributed by atoms with Gasteiger partial charge in [-0.25, -0.2) is 4.39 Å². The number of hydrogen-bond acceptors (Lipinski definition) is 2. The molecule has 1 rings (SSSR count). The summed E-state index contributed by atoms with van der Waals surface area (Å²) in [5, 5.41) is 4.31. The van der Waals surface area contributed by atoms with Crippen LogP contribution >= 0.6 is 23.4 Å². The Hall–Kier alpha value is -0.250. The minimum atomic E-state index is -0.238. The zero-order valence-corrected chi connectivity index (χ0v) is 11.2. The first-order valence-corrected chi connectivity index (χ1v) is 6.97. The number of hydrogen-bond donors (Lipinski definition) is 1. The second-order valence-corrected chi connectivity index (χ2v) is 5.46. The number of nitrogens with one attached hydrogen (secondary N) is 1. The summed E-state index contributed by atoms with van der Waals surface area (Å²) in [6.45, 7) is 3.66. The van der Waals surface area contributed by atoms with Crippen molar-refractivity contribution < 1.29 is 4.39 Å². The molecule has 0 spiro atoms. The molecule has 0 radical (unpaired) electrons. The van der Waals surface area contributed by atoms with E-state index < -0.39 is 0 Å². The Morgan fingerprint density at radius 1 is 1.50 bits per heavy atom. The third-order valence-electron chi connectivity index (χ3n) is 2.46. The summed E-state index contributed by atoms with van der Waals surface area (Å²) in [6.07, 6.45) is 3.19. The maximum atomic E-state index is 13.4. The molecule has 0 saturated carbocycles. The Balaban J connectivity index is 2.32. The molecule has 0 aliphatic carbocycles. The van der Waals surface area contributed by atoms with E-state index in [0.29, 0.717) is 22.4 Å². The second-order valence-electron chi connectivity index (χ2n) is 3.75. The van der Waals surface area contributed by atoms with Gasteiger partial charge < -0.3 is 5.32 Å². The summed E-state index contributed by atoms with van der Waals surface area (Å²) in [6, 6.07) is 4.79. The van der Waals surface area contributed by atoms with Crippen molar-refractivity contribution in [1.29, 1.82) is 0 Å². The van der Waals surface area contributed by atoms with Crippen LogP contribution in [0.4, 0.5) is 4.39 Å². The predicted octanol–water partition coefficient (Wildman–Crippen LogP) is 3.71. The molecule has 4 heteroatoms. The van der Waals surface area contributed by atoms with Gasteiger partial charge in [0.05, 0.1) is 0 Å². The van der Waals surface area contributed by atoms with Crippen LogP contribution in [0.15, 0.2) is 18.2 Å². The molecule has 0 saturated heterocycles. The van der Waals surface area contributed by atoms with Gasteiger partial charge in [0.1, 0.15) is 5.82 Å². The van der Waals surface area contributed by atoms with Gasteiger partial charge in [-0.2, -0.15) is 11.8 Å². The summed E-state index contributed by atoms with van der Waals surface area (Å²) in [5.74, 6) is -0.238. The lowest BCUT2D eigenvalue weighted by atomic mass is 10.2. The van der Waals surface area contributed by atoms with Crippen LogP contribution in [0.25, 0.3) is 0 Å². The highest BCUT2D eigenvalue weighted by Crippen LogP contribution is 2.14. The summed E-state index contributed by atoms with van der Waals surface area (Å²) >= 11 is 7.52. The van der Waals surface area contributed by atoms with E-state index in [4.69, 9.17) is 11.6 Å². The molecule has 0 aliphatic rings. The van der Waals surface area contributed by atoms with Crippen LogP contribution in [-0.2, 0) is 6.54 Å². The van der Waals surface area contributed by atoms with Crippen LogP contribution in [0.5, 0.6) is 0 Å². The monoisotopic (exact) mass is 261 g/mol. The molecule has 1 unspecified atom stereocenters. The molecule has 1 N–H and O–H groups in total. The Bertz CT molecular complexity index is 333. The first kappa shape index (κ1) is 13.8. The minimum absolute atomic E-state index is 0.238. The van der Waals surface area contributed by atoms with Crippen LogP contribution in [0, 0.1) is 5.82 Å². The highest BCUT2D eigenvalue weighted by molar-refractivity contribution is 7.99. The quantitative estimate of drug-likeness (QED) is 0.784. The van der Waals surface area contributed by atoms with Crippen LogP contribution in [-0.4, -0.2) is 18.1 Å². The highest BCUT2D eigenvalue weighted by atomic mass is 35.5. The lowest BCUT2D eigenvalue weighted by Crippen LogP contribution is -2.18. The third kappa shape index (κ3) is 4.73. The number of thioether (sulfide) groups is 1. The summed E-state index contributed by atoms with van der Waals surface area (Å²) in [4.78, 5) is 0. The largest absolute Gasteiger partial charge is 0.313 e. The van der Waals surface area contributed by atoms with Crippen LogP contribution < -0.4 is 5.32 Å². The van der Waals surface area contributed by atoms with Crippen molar-refractivity contribution in [3.05, 3.63) is 34.6 Å². The maximum Gasteiger partial charge on any atom is 0.129 e. The van der Waals surface area contributed by atoms with Gasteiger partial charge in [0.25, 0.3) is 0 Å². The van der Waals surface area contributed by atoms with E-state index in [2.05, 4.69) is 18.5 Å². The molecular weight excluding hydrogens is 245 g/mol. The van der Waals surface area contributed by atoms with Gasteiger partial charge in [-0.1, -0.05) is 24.6 Å². The average Bonchev–Trinajstić information content (AvgIpc) is 2.26. The molecule has 1 aromatic rings.